The number of nitrogens with zero attached hydrogens (tertiary/aromatic N) is 3. The van der Waals surface area contributed by atoms with E-state index >= 15 is 0 Å². The summed E-state index contributed by atoms with van der Waals surface area (Å²) in [7, 11) is 0. The number of nitrogen functional groups attached to an aromatic ring is 1. The Morgan fingerprint density at radius 2 is 1.76 bits per heavy atom. The van der Waals surface area contributed by atoms with Crippen molar-refractivity contribution in [1.82, 2.24) is 15.1 Å². The van der Waals surface area contributed by atoms with E-state index in [1.165, 1.54) is 0 Å². The van der Waals surface area contributed by atoms with Crippen LogP contribution < -0.4 is 5.73 Å². The molecule has 0 radical (unpaired) electrons. The highest BCUT2D eigenvalue weighted by molar-refractivity contribution is 9.10. The molecule has 5 nitrogen and oxygen atoms in total. The Kier molecular flexibility index (Phi) is 3.47. The van der Waals surface area contributed by atoms with Gasteiger partial charge in [0.1, 0.15) is 0 Å². The second-order valence-corrected chi connectivity index (χ2v) is 5.66. The van der Waals surface area contributed by atoms with Crippen LogP contribution in [0.1, 0.15) is 11.4 Å². The van der Waals surface area contributed by atoms with Gasteiger partial charge in [0, 0.05) is 27.1 Å². The van der Waals surface area contributed by atoms with Crippen molar-refractivity contribution in [3.63, 3.8) is 0 Å². The molecule has 0 fully saturated rings. The van der Waals surface area contributed by atoms with Gasteiger partial charge in [0.2, 0.25) is 5.82 Å². The van der Waals surface area contributed by atoms with E-state index in [9.17, 15) is 0 Å². The van der Waals surface area contributed by atoms with Crippen LogP contribution in [0.5, 0.6) is 0 Å². The Morgan fingerprint density at radius 3 is 2.48 bits per heavy atom. The molecular weight excluding hydrogens is 332 g/mol. The van der Waals surface area contributed by atoms with Crippen LogP contribution in [-0.2, 0) is 0 Å². The predicted molar refractivity (Wildman–Crippen MR) is 84.6 cm³/mol. The fraction of sp³-hybridized carbons (Fsp3) is 0.133. The number of hydrogen-bond donors (Lipinski definition) is 1. The quantitative estimate of drug-likeness (QED) is 0.716. The predicted octanol–water partition coefficient (Wildman–Crippen LogP) is 3.76. The summed E-state index contributed by atoms with van der Waals surface area (Å²) in [5.41, 5.74) is 9.94. The monoisotopic (exact) mass is 344 g/mol. The molecule has 6 heteroatoms. The molecule has 2 aromatic heterocycles. The Morgan fingerprint density at radius 1 is 1.05 bits per heavy atom. The molecule has 0 aliphatic heterocycles. The summed E-state index contributed by atoms with van der Waals surface area (Å²) in [4.78, 5) is 8.78. The van der Waals surface area contributed by atoms with Gasteiger partial charge < -0.3 is 10.3 Å². The van der Waals surface area contributed by atoms with E-state index in [0.717, 1.165) is 27.0 Å². The molecule has 0 atom stereocenters. The number of hydrogen-bond acceptors (Lipinski definition) is 5. The molecule has 0 saturated carbocycles. The van der Waals surface area contributed by atoms with E-state index < -0.39 is 0 Å². The first-order chi connectivity index (χ1) is 10.0. The Labute approximate surface area is 130 Å². The summed E-state index contributed by atoms with van der Waals surface area (Å²) < 4.78 is 6.21. The number of benzene rings is 1. The van der Waals surface area contributed by atoms with Crippen molar-refractivity contribution >= 4 is 21.6 Å². The van der Waals surface area contributed by atoms with E-state index in [1.807, 2.05) is 32.0 Å². The minimum Gasteiger partial charge on any atom is -0.399 e. The third kappa shape index (κ3) is 2.80. The van der Waals surface area contributed by atoms with E-state index in [4.69, 9.17) is 10.3 Å². The number of nitrogens with two attached hydrogens (primary N) is 1. The lowest BCUT2D eigenvalue weighted by molar-refractivity contribution is 0.432. The second-order valence-electron chi connectivity index (χ2n) is 4.80. The van der Waals surface area contributed by atoms with Crippen LogP contribution >= 0.6 is 15.9 Å². The molecule has 2 heterocycles. The van der Waals surface area contributed by atoms with Crippen LogP contribution in [-0.4, -0.2) is 15.1 Å². The summed E-state index contributed by atoms with van der Waals surface area (Å²) in [5, 5.41) is 4.04. The van der Waals surface area contributed by atoms with Gasteiger partial charge in [-0.2, -0.15) is 4.98 Å². The Bertz CT molecular complexity index is 793. The van der Waals surface area contributed by atoms with E-state index in [2.05, 4.69) is 31.1 Å². The molecule has 1 aromatic carbocycles. The molecule has 2 N–H and O–H groups in total. The minimum atomic E-state index is 0.427. The van der Waals surface area contributed by atoms with Gasteiger partial charge in [-0.05, 0) is 60.1 Å². The number of anilines is 1. The fourth-order valence-corrected chi connectivity index (χ4v) is 2.54. The van der Waals surface area contributed by atoms with Crippen LogP contribution in [0, 0.1) is 13.8 Å². The number of pyridine rings is 1. The van der Waals surface area contributed by atoms with Gasteiger partial charge in [-0.1, -0.05) is 5.16 Å². The van der Waals surface area contributed by atoms with Gasteiger partial charge in [0.25, 0.3) is 5.89 Å². The lowest BCUT2D eigenvalue weighted by Gasteiger charge is -2.00. The minimum absolute atomic E-state index is 0.427. The molecule has 0 aliphatic carbocycles. The van der Waals surface area contributed by atoms with Crippen molar-refractivity contribution in [3.05, 3.63) is 46.2 Å². The van der Waals surface area contributed by atoms with E-state index in [1.54, 1.807) is 12.1 Å². The first-order valence-electron chi connectivity index (χ1n) is 6.38. The zero-order valence-corrected chi connectivity index (χ0v) is 13.2. The van der Waals surface area contributed by atoms with Crippen molar-refractivity contribution in [2.24, 2.45) is 0 Å². The van der Waals surface area contributed by atoms with Crippen molar-refractivity contribution in [1.29, 1.82) is 0 Å². The second kappa shape index (κ2) is 5.29. The standard InChI is InChI=1S/C15H13BrN4O/c1-8-5-10(6-9(2)18-8)14-19-15(21-20-14)12-7-11(17)3-4-13(12)16/h3-7H,17H2,1-2H3. The van der Waals surface area contributed by atoms with E-state index in [-0.39, 0.29) is 0 Å². The van der Waals surface area contributed by atoms with Crippen molar-refractivity contribution in [2.75, 3.05) is 5.73 Å². The normalized spacial score (nSPS) is 10.8. The number of aryl methyl sites for hydroxylation is 2. The topological polar surface area (TPSA) is 77.8 Å². The van der Waals surface area contributed by atoms with Crippen molar-refractivity contribution in [3.8, 4) is 22.8 Å². The average molecular weight is 345 g/mol. The third-order valence-electron chi connectivity index (χ3n) is 2.99. The first kappa shape index (κ1) is 13.8. The maximum atomic E-state index is 5.80. The highest BCUT2D eigenvalue weighted by atomic mass is 79.9. The first-order valence-corrected chi connectivity index (χ1v) is 7.17. The average Bonchev–Trinajstić information content (AvgIpc) is 2.90. The van der Waals surface area contributed by atoms with Gasteiger partial charge in [-0.3, -0.25) is 4.98 Å². The lowest BCUT2D eigenvalue weighted by atomic mass is 10.2. The van der Waals surface area contributed by atoms with Gasteiger partial charge in [-0.25, -0.2) is 0 Å². The zero-order valence-electron chi connectivity index (χ0n) is 11.6. The molecular formula is C15H13BrN4O. The third-order valence-corrected chi connectivity index (χ3v) is 3.68. The SMILES string of the molecule is Cc1cc(-c2noc(-c3cc(N)ccc3Br)n2)cc(C)n1. The molecule has 106 valence electrons. The fourth-order valence-electron chi connectivity index (χ4n) is 2.12. The van der Waals surface area contributed by atoms with Crippen LogP contribution in [0.2, 0.25) is 0 Å². The molecule has 0 aliphatic rings. The van der Waals surface area contributed by atoms with Gasteiger partial charge >= 0.3 is 0 Å². The summed E-state index contributed by atoms with van der Waals surface area (Å²) in [5.74, 6) is 0.962. The molecule has 0 bridgehead atoms. The van der Waals surface area contributed by atoms with Crippen LogP contribution in [0.4, 0.5) is 5.69 Å². The van der Waals surface area contributed by atoms with Gasteiger partial charge in [0.05, 0.1) is 5.56 Å². The Hall–Kier alpha value is -2.21. The van der Waals surface area contributed by atoms with Gasteiger partial charge in [0.15, 0.2) is 0 Å². The molecule has 0 amide bonds. The molecule has 3 aromatic rings. The van der Waals surface area contributed by atoms with Gasteiger partial charge in [-0.15, -0.1) is 0 Å². The zero-order chi connectivity index (χ0) is 15.0. The molecule has 0 unspecified atom stereocenters. The van der Waals surface area contributed by atoms with Crippen LogP contribution in [0.25, 0.3) is 22.8 Å². The highest BCUT2D eigenvalue weighted by Gasteiger charge is 2.14. The van der Waals surface area contributed by atoms with E-state index in [0.29, 0.717) is 17.4 Å². The van der Waals surface area contributed by atoms with Crippen LogP contribution in [0.15, 0.2) is 39.3 Å². The Balaban J connectivity index is 2.05. The molecule has 21 heavy (non-hydrogen) atoms. The molecule has 0 spiro atoms. The highest BCUT2D eigenvalue weighted by Crippen LogP contribution is 2.30. The summed E-state index contributed by atoms with van der Waals surface area (Å²) >= 11 is 3.46. The van der Waals surface area contributed by atoms with Crippen molar-refractivity contribution in [2.45, 2.75) is 13.8 Å². The number of halogens is 1. The summed E-state index contributed by atoms with van der Waals surface area (Å²) in [6.45, 7) is 3.87. The molecule has 3 rings (SSSR count). The largest absolute Gasteiger partial charge is 0.399 e. The smallest absolute Gasteiger partial charge is 0.259 e. The maximum absolute atomic E-state index is 5.80. The van der Waals surface area contributed by atoms with Crippen molar-refractivity contribution < 1.29 is 4.52 Å². The lowest BCUT2D eigenvalue weighted by Crippen LogP contribution is -1.90. The number of rotatable bonds is 2. The number of aromatic nitrogens is 3. The van der Waals surface area contributed by atoms with Crippen LogP contribution in [0.3, 0.4) is 0 Å². The maximum Gasteiger partial charge on any atom is 0.259 e. The molecule has 0 saturated heterocycles. The summed E-state index contributed by atoms with van der Waals surface area (Å²) in [6.07, 6.45) is 0. The summed E-state index contributed by atoms with van der Waals surface area (Å²) in [6, 6.07) is 9.31.